The van der Waals surface area contributed by atoms with Crippen LogP contribution in [0.25, 0.3) is 10.9 Å². The van der Waals surface area contributed by atoms with Gasteiger partial charge in [-0.2, -0.15) is 0 Å². The van der Waals surface area contributed by atoms with Crippen molar-refractivity contribution in [1.82, 2.24) is 9.55 Å². The normalized spacial score (nSPS) is 10.8. The van der Waals surface area contributed by atoms with Crippen LogP contribution in [0.15, 0.2) is 77.9 Å². The van der Waals surface area contributed by atoms with E-state index in [2.05, 4.69) is 10.3 Å². The Morgan fingerprint density at radius 2 is 1.83 bits per heavy atom. The molecule has 0 atom stereocenters. The Morgan fingerprint density at radius 3 is 2.59 bits per heavy atom. The van der Waals surface area contributed by atoms with E-state index in [0.29, 0.717) is 39.4 Å². The minimum absolute atomic E-state index is 0.168. The molecule has 4 aromatic rings. The number of carbonyl (C=O) groups is 1. The fourth-order valence-electron chi connectivity index (χ4n) is 3.01. The molecule has 0 saturated carbocycles. The molecule has 6 nitrogen and oxygen atoms in total. The van der Waals surface area contributed by atoms with Crippen molar-refractivity contribution < 1.29 is 4.79 Å². The van der Waals surface area contributed by atoms with Gasteiger partial charge in [-0.25, -0.2) is 4.98 Å². The van der Waals surface area contributed by atoms with Crippen molar-refractivity contribution >= 4 is 39.8 Å². The zero-order chi connectivity index (χ0) is 20.4. The van der Waals surface area contributed by atoms with E-state index < -0.39 is 0 Å². The van der Waals surface area contributed by atoms with Crippen molar-refractivity contribution in [3.63, 3.8) is 0 Å². The lowest BCUT2D eigenvalue weighted by Gasteiger charge is -2.09. The number of nitrogens with two attached hydrogens (primary N) is 1. The SMILES string of the molecule is Nc1ccccc1NC(=O)c1ccc(Cn2cnc3ccc(Cl)cc3c2=O)cc1. The molecule has 0 aliphatic heterocycles. The zero-order valence-corrected chi connectivity index (χ0v) is 16.1. The number of benzene rings is 3. The Morgan fingerprint density at radius 1 is 1.07 bits per heavy atom. The van der Waals surface area contributed by atoms with E-state index >= 15 is 0 Å². The summed E-state index contributed by atoms with van der Waals surface area (Å²) < 4.78 is 1.51. The predicted molar refractivity (Wildman–Crippen MR) is 115 cm³/mol. The van der Waals surface area contributed by atoms with Gasteiger partial charge in [0.2, 0.25) is 0 Å². The standard InChI is InChI=1S/C22H17ClN4O2/c23-16-9-10-19-17(11-16)22(29)27(13-25-19)12-14-5-7-15(8-6-14)21(28)26-20-4-2-1-3-18(20)24/h1-11,13H,12,24H2,(H,26,28). The van der Waals surface area contributed by atoms with Gasteiger partial charge in [0.25, 0.3) is 11.5 Å². The van der Waals surface area contributed by atoms with E-state index in [4.69, 9.17) is 17.3 Å². The molecule has 7 heteroatoms. The molecule has 3 aromatic carbocycles. The Bertz CT molecular complexity index is 1270. The second kappa shape index (κ2) is 7.77. The molecule has 0 bridgehead atoms. The van der Waals surface area contributed by atoms with Gasteiger partial charge >= 0.3 is 0 Å². The van der Waals surface area contributed by atoms with Crippen molar-refractivity contribution in [3.8, 4) is 0 Å². The molecule has 0 aliphatic rings. The third-order valence-electron chi connectivity index (χ3n) is 4.56. The van der Waals surface area contributed by atoms with E-state index in [1.165, 1.54) is 10.9 Å². The fourth-order valence-corrected chi connectivity index (χ4v) is 3.18. The first kappa shape index (κ1) is 18.7. The molecule has 0 unspecified atom stereocenters. The summed E-state index contributed by atoms with van der Waals surface area (Å²) in [5, 5.41) is 3.75. The highest BCUT2D eigenvalue weighted by Gasteiger charge is 2.09. The number of nitrogen functional groups attached to an aromatic ring is 1. The third-order valence-corrected chi connectivity index (χ3v) is 4.80. The average Bonchev–Trinajstić information content (AvgIpc) is 2.72. The number of nitrogens with one attached hydrogen (secondary N) is 1. The van der Waals surface area contributed by atoms with Crippen molar-refractivity contribution in [1.29, 1.82) is 0 Å². The van der Waals surface area contributed by atoms with Gasteiger partial charge in [0.1, 0.15) is 0 Å². The number of aromatic nitrogens is 2. The Balaban J connectivity index is 1.53. The second-order valence-electron chi connectivity index (χ2n) is 6.58. The molecule has 29 heavy (non-hydrogen) atoms. The van der Waals surface area contributed by atoms with E-state index in [1.807, 2.05) is 0 Å². The van der Waals surface area contributed by atoms with Crippen LogP contribution >= 0.6 is 11.6 Å². The van der Waals surface area contributed by atoms with Gasteiger partial charge < -0.3 is 11.1 Å². The van der Waals surface area contributed by atoms with Crippen molar-refractivity contribution in [2.45, 2.75) is 6.54 Å². The summed E-state index contributed by atoms with van der Waals surface area (Å²) in [5.41, 5.74) is 8.72. The van der Waals surface area contributed by atoms with E-state index in [1.54, 1.807) is 66.7 Å². The number of hydrogen-bond donors (Lipinski definition) is 2. The number of amides is 1. The van der Waals surface area contributed by atoms with Gasteiger partial charge in [0, 0.05) is 10.6 Å². The number of rotatable bonds is 4. The zero-order valence-electron chi connectivity index (χ0n) is 15.3. The summed E-state index contributed by atoms with van der Waals surface area (Å²) in [4.78, 5) is 29.4. The molecular formula is C22H17ClN4O2. The molecule has 0 aliphatic carbocycles. The average molecular weight is 405 g/mol. The maximum Gasteiger partial charge on any atom is 0.261 e. The van der Waals surface area contributed by atoms with Crippen LogP contribution in [0.3, 0.4) is 0 Å². The molecule has 0 saturated heterocycles. The van der Waals surface area contributed by atoms with Crippen LogP contribution in [0, 0.1) is 0 Å². The summed E-state index contributed by atoms with van der Waals surface area (Å²) in [6.45, 7) is 0.335. The maximum absolute atomic E-state index is 12.7. The molecule has 0 fully saturated rings. The first-order valence-electron chi connectivity index (χ1n) is 8.91. The van der Waals surface area contributed by atoms with Crippen LogP contribution in [0.4, 0.5) is 11.4 Å². The lowest BCUT2D eigenvalue weighted by molar-refractivity contribution is 0.102. The van der Waals surface area contributed by atoms with Crippen LogP contribution < -0.4 is 16.6 Å². The number of fused-ring (bicyclic) bond motifs is 1. The highest BCUT2D eigenvalue weighted by atomic mass is 35.5. The fraction of sp³-hybridized carbons (Fsp3) is 0.0455. The first-order chi connectivity index (χ1) is 14.0. The summed E-state index contributed by atoms with van der Waals surface area (Å²) >= 11 is 6.00. The van der Waals surface area contributed by atoms with Gasteiger partial charge in [0.15, 0.2) is 0 Å². The lowest BCUT2D eigenvalue weighted by Crippen LogP contribution is -2.21. The minimum atomic E-state index is -0.256. The number of halogens is 1. The number of carbonyl (C=O) groups excluding carboxylic acids is 1. The molecule has 3 N–H and O–H groups in total. The van der Waals surface area contributed by atoms with Crippen LogP contribution in [0.1, 0.15) is 15.9 Å². The Kier molecular flexibility index (Phi) is 5.01. The Labute approximate surface area is 171 Å². The highest BCUT2D eigenvalue weighted by molar-refractivity contribution is 6.31. The topological polar surface area (TPSA) is 90.0 Å². The highest BCUT2D eigenvalue weighted by Crippen LogP contribution is 2.18. The molecule has 144 valence electrons. The van der Waals surface area contributed by atoms with Gasteiger partial charge in [-0.3, -0.25) is 14.2 Å². The van der Waals surface area contributed by atoms with Crippen molar-refractivity contribution in [3.05, 3.63) is 99.6 Å². The van der Waals surface area contributed by atoms with Gasteiger partial charge in [-0.15, -0.1) is 0 Å². The largest absolute Gasteiger partial charge is 0.397 e. The van der Waals surface area contributed by atoms with E-state index in [9.17, 15) is 9.59 Å². The van der Waals surface area contributed by atoms with Crippen LogP contribution in [0.2, 0.25) is 5.02 Å². The van der Waals surface area contributed by atoms with Crippen LogP contribution in [-0.2, 0) is 6.54 Å². The summed E-state index contributed by atoms with van der Waals surface area (Å²) in [7, 11) is 0. The quantitative estimate of drug-likeness (QED) is 0.504. The smallest absolute Gasteiger partial charge is 0.261 e. The molecular weight excluding hydrogens is 388 g/mol. The van der Waals surface area contributed by atoms with E-state index in [0.717, 1.165) is 5.56 Å². The third kappa shape index (κ3) is 3.97. The van der Waals surface area contributed by atoms with E-state index in [-0.39, 0.29) is 11.5 Å². The summed E-state index contributed by atoms with van der Waals surface area (Å²) in [6.07, 6.45) is 1.51. The number of nitrogens with zero attached hydrogens (tertiary/aromatic N) is 2. The van der Waals surface area contributed by atoms with Crippen molar-refractivity contribution in [2.75, 3.05) is 11.1 Å². The van der Waals surface area contributed by atoms with Crippen LogP contribution in [0.5, 0.6) is 0 Å². The number of para-hydroxylation sites is 2. The van der Waals surface area contributed by atoms with Crippen LogP contribution in [-0.4, -0.2) is 15.5 Å². The predicted octanol–water partition coefficient (Wildman–Crippen LogP) is 3.93. The number of hydrogen-bond acceptors (Lipinski definition) is 4. The Hall–Kier alpha value is -3.64. The maximum atomic E-state index is 12.7. The lowest BCUT2D eigenvalue weighted by atomic mass is 10.1. The van der Waals surface area contributed by atoms with Gasteiger partial charge in [-0.05, 0) is 48.0 Å². The monoisotopic (exact) mass is 404 g/mol. The van der Waals surface area contributed by atoms with Crippen molar-refractivity contribution in [2.24, 2.45) is 0 Å². The molecule has 4 rings (SSSR count). The molecule has 0 spiro atoms. The summed E-state index contributed by atoms with van der Waals surface area (Å²) in [6, 6.07) is 19.1. The minimum Gasteiger partial charge on any atom is -0.397 e. The summed E-state index contributed by atoms with van der Waals surface area (Å²) in [5.74, 6) is -0.256. The molecule has 1 heterocycles. The van der Waals surface area contributed by atoms with Gasteiger partial charge in [0.05, 0.1) is 35.1 Å². The molecule has 1 amide bonds. The molecule has 1 aromatic heterocycles. The van der Waals surface area contributed by atoms with Gasteiger partial charge in [-0.1, -0.05) is 35.9 Å². The first-order valence-corrected chi connectivity index (χ1v) is 9.28. The number of anilines is 2. The molecule has 0 radical (unpaired) electrons. The second-order valence-corrected chi connectivity index (χ2v) is 7.01.